The normalized spacial score (nSPS) is 16.8. The third kappa shape index (κ3) is 4.49. The van der Waals surface area contributed by atoms with Crippen LogP contribution < -0.4 is 4.90 Å². The minimum Gasteiger partial charge on any atom is -0.469 e. The molecule has 0 radical (unpaired) electrons. The van der Waals surface area contributed by atoms with Gasteiger partial charge in [0.25, 0.3) is 0 Å². The number of fused-ring (bicyclic) bond motifs is 1. The SMILES string of the molecule is COC(=O)CCCN1c2cc(-c3cc[c-]cc3Cl)ccc2/C(=N/O)C1O.[U]. The minimum absolute atomic E-state index is 0. The van der Waals surface area contributed by atoms with Crippen molar-refractivity contribution in [3.8, 4) is 11.1 Å². The summed E-state index contributed by atoms with van der Waals surface area (Å²) in [5.41, 5.74) is 3.24. The van der Waals surface area contributed by atoms with E-state index >= 15 is 0 Å². The molecule has 27 heavy (non-hydrogen) atoms. The zero-order valence-corrected chi connectivity index (χ0v) is 19.6. The summed E-state index contributed by atoms with van der Waals surface area (Å²) < 4.78 is 4.64. The molecule has 1 aliphatic rings. The third-order valence-electron chi connectivity index (χ3n) is 4.36. The summed E-state index contributed by atoms with van der Waals surface area (Å²) in [7, 11) is 1.34. The second-order valence-electron chi connectivity index (χ2n) is 5.87. The predicted octanol–water partition coefficient (Wildman–Crippen LogP) is 3.08. The van der Waals surface area contributed by atoms with Crippen LogP contribution in [-0.2, 0) is 9.53 Å². The summed E-state index contributed by atoms with van der Waals surface area (Å²) in [6.45, 7) is 0.405. The number of esters is 1. The van der Waals surface area contributed by atoms with Gasteiger partial charge in [0.15, 0.2) is 6.23 Å². The quantitative estimate of drug-likeness (QED) is 0.235. The molecule has 140 valence electrons. The Labute approximate surface area is 186 Å². The van der Waals surface area contributed by atoms with E-state index in [0.29, 0.717) is 23.6 Å². The molecular weight excluding hydrogens is 594 g/mol. The number of anilines is 1. The summed E-state index contributed by atoms with van der Waals surface area (Å²) in [5.74, 6) is -0.309. The second-order valence-corrected chi connectivity index (χ2v) is 6.28. The van der Waals surface area contributed by atoms with Gasteiger partial charge in [0.2, 0.25) is 0 Å². The molecular formula is C19H18ClN2O4U-. The second kappa shape index (κ2) is 9.61. The first kappa shape index (κ1) is 21.8. The maximum atomic E-state index is 11.3. The van der Waals surface area contributed by atoms with Crippen LogP contribution in [0, 0.1) is 37.2 Å². The summed E-state index contributed by atoms with van der Waals surface area (Å²) in [4.78, 5) is 13.0. The van der Waals surface area contributed by atoms with Gasteiger partial charge in [-0.2, -0.15) is 35.9 Å². The van der Waals surface area contributed by atoms with Crippen LogP contribution in [0.25, 0.3) is 11.1 Å². The summed E-state index contributed by atoms with van der Waals surface area (Å²) in [6.07, 6.45) is -0.351. The Morgan fingerprint density at radius 1 is 1.37 bits per heavy atom. The Balaban J connectivity index is 0.00000261. The van der Waals surface area contributed by atoms with Crippen molar-refractivity contribution >= 4 is 29.0 Å². The number of hydrogen-bond donors (Lipinski definition) is 2. The van der Waals surface area contributed by atoms with Gasteiger partial charge in [-0.25, -0.2) is 0 Å². The van der Waals surface area contributed by atoms with Crippen molar-refractivity contribution in [1.29, 1.82) is 0 Å². The molecule has 0 aromatic heterocycles. The Hall–Kier alpha value is -1.52. The monoisotopic (exact) mass is 611 g/mol. The molecule has 1 unspecified atom stereocenters. The fraction of sp³-hybridized carbons (Fsp3) is 0.263. The van der Waals surface area contributed by atoms with Crippen LogP contribution >= 0.6 is 11.6 Å². The van der Waals surface area contributed by atoms with Crippen LogP contribution in [0.1, 0.15) is 18.4 Å². The van der Waals surface area contributed by atoms with Crippen LogP contribution in [0.2, 0.25) is 5.02 Å². The van der Waals surface area contributed by atoms with Crippen LogP contribution in [0.15, 0.2) is 41.6 Å². The van der Waals surface area contributed by atoms with Crippen molar-refractivity contribution in [2.75, 3.05) is 18.6 Å². The van der Waals surface area contributed by atoms with Crippen molar-refractivity contribution in [3.63, 3.8) is 0 Å². The van der Waals surface area contributed by atoms with Gasteiger partial charge in [-0.15, -0.1) is 5.56 Å². The van der Waals surface area contributed by atoms with E-state index < -0.39 is 6.23 Å². The number of aliphatic hydroxyl groups is 1. The first-order chi connectivity index (χ1) is 12.6. The van der Waals surface area contributed by atoms with Crippen molar-refractivity contribution in [1.82, 2.24) is 0 Å². The van der Waals surface area contributed by atoms with Crippen molar-refractivity contribution in [2.45, 2.75) is 19.1 Å². The molecule has 2 aromatic rings. The number of oxime groups is 1. The van der Waals surface area contributed by atoms with Gasteiger partial charge in [-0.1, -0.05) is 22.3 Å². The van der Waals surface area contributed by atoms with E-state index in [2.05, 4.69) is 16.0 Å². The Morgan fingerprint density at radius 3 is 2.81 bits per heavy atom. The van der Waals surface area contributed by atoms with Gasteiger partial charge >= 0.3 is 5.97 Å². The largest absolute Gasteiger partial charge is 0.469 e. The van der Waals surface area contributed by atoms with Gasteiger partial charge in [0.1, 0.15) is 5.71 Å². The molecule has 2 aromatic carbocycles. The number of methoxy groups -OCH3 is 1. The van der Waals surface area contributed by atoms with E-state index in [1.807, 2.05) is 18.2 Å². The standard InChI is InChI=1S/C19H18ClN2O4.U/c1-26-17(23)7-4-10-22-16-11-12(13-5-2-3-6-15(13)20)8-9-14(16)18(21-25)19(22)24;/h2,5-6,8-9,11,19,24-25H,4,7,10H2,1H3;/q-1;/b21-18-;. The van der Waals surface area contributed by atoms with Gasteiger partial charge in [-0.3, -0.25) is 4.79 Å². The molecule has 1 atom stereocenters. The topological polar surface area (TPSA) is 82.4 Å². The molecule has 0 bridgehead atoms. The fourth-order valence-electron chi connectivity index (χ4n) is 3.06. The smallest absolute Gasteiger partial charge is 0.305 e. The summed E-state index contributed by atoms with van der Waals surface area (Å²) in [5, 5.41) is 23.6. The van der Waals surface area contributed by atoms with Crippen LogP contribution in [0.5, 0.6) is 0 Å². The van der Waals surface area contributed by atoms with E-state index in [4.69, 9.17) is 11.6 Å². The van der Waals surface area contributed by atoms with Crippen LogP contribution in [0.4, 0.5) is 5.69 Å². The van der Waals surface area contributed by atoms with Gasteiger partial charge in [0.05, 0.1) is 7.11 Å². The number of carbonyl (C=O) groups excluding carboxylic acids is 1. The van der Waals surface area contributed by atoms with Crippen molar-refractivity contribution < 1.29 is 51.0 Å². The predicted molar refractivity (Wildman–Crippen MR) is 98.7 cm³/mol. The molecule has 0 aliphatic carbocycles. The van der Waals surface area contributed by atoms with E-state index in [1.165, 1.54) is 7.11 Å². The first-order valence-corrected chi connectivity index (χ1v) is 8.48. The van der Waals surface area contributed by atoms with Crippen molar-refractivity contribution in [2.24, 2.45) is 5.16 Å². The number of benzene rings is 2. The number of halogens is 1. The maximum absolute atomic E-state index is 11.3. The number of nitrogens with zero attached hydrogens (tertiary/aromatic N) is 2. The van der Waals surface area contributed by atoms with E-state index in [0.717, 1.165) is 16.8 Å². The molecule has 8 heteroatoms. The number of carbonyl (C=O) groups is 1. The van der Waals surface area contributed by atoms with Gasteiger partial charge in [0, 0.05) is 55.3 Å². The zero-order chi connectivity index (χ0) is 18.7. The number of ether oxygens (including phenoxy) is 1. The van der Waals surface area contributed by atoms with E-state index in [-0.39, 0.29) is 49.2 Å². The summed E-state index contributed by atoms with van der Waals surface area (Å²) in [6, 6.07) is 13.8. The molecule has 0 saturated heterocycles. The minimum atomic E-state index is -1.08. The fourth-order valence-corrected chi connectivity index (χ4v) is 3.30. The molecule has 6 nitrogen and oxygen atoms in total. The molecule has 1 heterocycles. The van der Waals surface area contributed by atoms with Gasteiger partial charge in [-0.05, 0) is 18.1 Å². The zero-order valence-electron chi connectivity index (χ0n) is 14.6. The van der Waals surface area contributed by atoms with E-state index in [9.17, 15) is 15.1 Å². The molecule has 3 rings (SSSR count). The molecule has 0 spiro atoms. The van der Waals surface area contributed by atoms with Crippen LogP contribution in [-0.4, -0.2) is 41.9 Å². The molecule has 0 amide bonds. The Morgan fingerprint density at radius 2 is 2.15 bits per heavy atom. The Bertz CT molecular complexity index is 859. The number of aliphatic hydroxyl groups excluding tert-OH is 1. The number of rotatable bonds is 5. The summed E-state index contributed by atoms with van der Waals surface area (Å²) >= 11 is 6.26. The van der Waals surface area contributed by atoms with Crippen LogP contribution in [0.3, 0.4) is 0 Å². The first-order valence-electron chi connectivity index (χ1n) is 8.10. The molecule has 0 saturated carbocycles. The third-order valence-corrected chi connectivity index (χ3v) is 4.68. The average molecular weight is 612 g/mol. The maximum Gasteiger partial charge on any atom is 0.305 e. The average Bonchev–Trinajstić information content (AvgIpc) is 2.92. The number of hydrogen-bond acceptors (Lipinski definition) is 6. The molecule has 0 fully saturated rings. The Kier molecular flexibility index (Phi) is 7.75. The van der Waals surface area contributed by atoms with Gasteiger partial charge < -0.3 is 20.0 Å². The van der Waals surface area contributed by atoms with E-state index in [1.54, 1.807) is 23.1 Å². The molecule has 2 N–H and O–H groups in total. The van der Waals surface area contributed by atoms with Crippen molar-refractivity contribution in [3.05, 3.63) is 53.1 Å². The molecule has 1 aliphatic heterocycles.